The van der Waals surface area contributed by atoms with Crippen LogP contribution in [0.1, 0.15) is 91.9 Å². The number of carbonyl (C=O) groups is 1. The summed E-state index contributed by atoms with van der Waals surface area (Å²) in [5.41, 5.74) is 1.58. The molecule has 3 rings (SSSR count). The van der Waals surface area contributed by atoms with Crippen LogP contribution in [0.2, 0.25) is 13.3 Å². The van der Waals surface area contributed by atoms with Gasteiger partial charge in [0, 0.05) is 0 Å². The van der Waals surface area contributed by atoms with Gasteiger partial charge in [0.25, 0.3) is 0 Å². The molecule has 30 heavy (non-hydrogen) atoms. The van der Waals surface area contributed by atoms with Crippen molar-refractivity contribution in [2.75, 3.05) is 0 Å². The summed E-state index contributed by atoms with van der Waals surface area (Å²) in [6.45, 7) is 9.21. The van der Waals surface area contributed by atoms with E-state index in [0.717, 1.165) is 0 Å². The van der Waals surface area contributed by atoms with Gasteiger partial charge in [-0.2, -0.15) is 0 Å². The fourth-order valence-electron chi connectivity index (χ4n) is 6.52. The van der Waals surface area contributed by atoms with Crippen molar-refractivity contribution in [3.8, 4) is 0 Å². The van der Waals surface area contributed by atoms with Crippen LogP contribution in [0.5, 0.6) is 0 Å². The van der Waals surface area contributed by atoms with Gasteiger partial charge < -0.3 is 0 Å². The Balaban J connectivity index is 1.90. The molecule has 1 saturated heterocycles. The number of hydrogen-bond acceptors (Lipinski definition) is 2. The predicted octanol–water partition coefficient (Wildman–Crippen LogP) is 7.86. The minimum atomic E-state index is -2.31. The van der Waals surface area contributed by atoms with Crippen LogP contribution in [-0.4, -0.2) is 30.5 Å². The molecule has 3 aliphatic rings. The molecular weight excluding hydrogens is 475 g/mol. The third-order valence-corrected chi connectivity index (χ3v) is 22.4. The fraction of sp³-hybridized carbons (Fsp3) is 0.815. The molecule has 1 heterocycles. The quantitative estimate of drug-likeness (QED) is 0.157. The van der Waals surface area contributed by atoms with E-state index in [9.17, 15) is 4.79 Å². The molecule has 3 heteroatoms. The SMILES string of the molecule is CCC[CH2][Sn](/[CH]=C/C1[C@H]2[C@H](C)OC(=O)[C@H]2C=C2CCCC[C@@H]21)([CH2]CCC)[CH2]CCC. The van der Waals surface area contributed by atoms with Gasteiger partial charge >= 0.3 is 191 Å². The Kier molecular flexibility index (Phi) is 9.40. The normalized spacial score (nSPS) is 31.4. The monoisotopic (exact) mass is 522 g/mol. The fourth-order valence-corrected chi connectivity index (χ4v) is 20.9. The second kappa shape index (κ2) is 11.6. The molecule has 0 amide bonds. The Labute approximate surface area is 190 Å². The second-order valence-corrected chi connectivity index (χ2v) is 23.5. The molecular formula is C27H46O2Sn. The average Bonchev–Trinajstić information content (AvgIpc) is 3.05. The van der Waals surface area contributed by atoms with Crippen LogP contribution in [0.25, 0.3) is 0 Å². The van der Waals surface area contributed by atoms with Crippen LogP contribution in [0.15, 0.2) is 21.8 Å². The van der Waals surface area contributed by atoms with Gasteiger partial charge in [0.05, 0.1) is 0 Å². The number of esters is 1. The zero-order valence-corrected chi connectivity index (χ0v) is 23.0. The number of ether oxygens (including phenoxy) is 1. The van der Waals surface area contributed by atoms with Gasteiger partial charge in [-0.1, -0.05) is 0 Å². The maximum atomic E-state index is 12.6. The zero-order valence-electron chi connectivity index (χ0n) is 20.1. The van der Waals surface area contributed by atoms with E-state index in [0.29, 0.717) is 17.8 Å². The van der Waals surface area contributed by atoms with Gasteiger partial charge in [-0.25, -0.2) is 0 Å². The molecule has 170 valence electrons. The molecule has 0 bridgehead atoms. The van der Waals surface area contributed by atoms with Gasteiger partial charge in [-0.15, -0.1) is 0 Å². The molecule has 0 spiro atoms. The van der Waals surface area contributed by atoms with Gasteiger partial charge in [0.15, 0.2) is 0 Å². The molecule has 2 aliphatic carbocycles. The Morgan fingerprint density at radius 3 is 2.27 bits per heavy atom. The first-order valence-corrected chi connectivity index (χ1v) is 20.9. The van der Waals surface area contributed by atoms with Crippen LogP contribution in [0.3, 0.4) is 0 Å². The predicted molar refractivity (Wildman–Crippen MR) is 130 cm³/mol. The number of allylic oxidation sites excluding steroid dienone is 2. The van der Waals surface area contributed by atoms with Crippen LogP contribution in [-0.2, 0) is 9.53 Å². The summed E-state index contributed by atoms with van der Waals surface area (Å²) in [7, 11) is 0. The summed E-state index contributed by atoms with van der Waals surface area (Å²) in [5.74, 6) is 1.62. The number of rotatable bonds is 11. The van der Waals surface area contributed by atoms with E-state index in [-0.39, 0.29) is 18.0 Å². The summed E-state index contributed by atoms with van der Waals surface area (Å²) in [4.78, 5) is 12.6. The number of cyclic esters (lactones) is 1. The molecule has 0 aromatic heterocycles. The third-order valence-electron chi connectivity index (χ3n) is 8.30. The summed E-state index contributed by atoms with van der Waals surface area (Å²) in [6.07, 6.45) is 18.5. The van der Waals surface area contributed by atoms with E-state index in [1.54, 1.807) is 5.57 Å². The van der Waals surface area contributed by atoms with Gasteiger partial charge in [-0.3, -0.25) is 0 Å². The second-order valence-electron chi connectivity index (χ2n) is 10.4. The number of unbranched alkanes of at least 4 members (excludes halogenated alkanes) is 3. The van der Waals surface area contributed by atoms with Crippen molar-refractivity contribution in [2.45, 2.75) is 111 Å². The van der Waals surface area contributed by atoms with Gasteiger partial charge in [0.2, 0.25) is 0 Å². The molecule has 2 fully saturated rings. The van der Waals surface area contributed by atoms with Crippen molar-refractivity contribution in [3.63, 3.8) is 0 Å². The molecule has 0 aromatic carbocycles. The number of fused-ring (bicyclic) bond motifs is 2. The number of carbonyl (C=O) groups excluding carboxylic acids is 1. The van der Waals surface area contributed by atoms with Crippen molar-refractivity contribution in [1.29, 1.82) is 0 Å². The Hall–Kier alpha value is -0.251. The summed E-state index contributed by atoms with van der Waals surface area (Å²) in [5, 5.41) is 0. The zero-order chi connectivity index (χ0) is 21.6. The summed E-state index contributed by atoms with van der Waals surface area (Å²) >= 11 is -2.31. The van der Waals surface area contributed by atoms with E-state index < -0.39 is 18.4 Å². The van der Waals surface area contributed by atoms with Crippen molar-refractivity contribution in [2.24, 2.45) is 23.7 Å². The molecule has 1 saturated carbocycles. The molecule has 2 nitrogen and oxygen atoms in total. The van der Waals surface area contributed by atoms with Crippen LogP contribution < -0.4 is 0 Å². The van der Waals surface area contributed by atoms with Crippen molar-refractivity contribution < 1.29 is 9.53 Å². The van der Waals surface area contributed by atoms with Crippen molar-refractivity contribution >= 4 is 24.3 Å². The van der Waals surface area contributed by atoms with Crippen LogP contribution in [0.4, 0.5) is 0 Å². The van der Waals surface area contributed by atoms with E-state index in [4.69, 9.17) is 4.74 Å². The van der Waals surface area contributed by atoms with E-state index in [1.165, 1.54) is 77.5 Å². The first kappa shape index (κ1) is 24.4. The molecule has 0 N–H and O–H groups in total. The molecule has 1 aliphatic heterocycles. The first-order chi connectivity index (χ1) is 14.5. The molecule has 5 atom stereocenters. The average molecular weight is 521 g/mol. The minimum absolute atomic E-state index is 0.0190. The first-order valence-electron chi connectivity index (χ1n) is 13.2. The molecule has 0 aromatic rings. The molecule has 1 unspecified atom stereocenters. The van der Waals surface area contributed by atoms with E-state index >= 15 is 0 Å². The standard InChI is InChI=1S/C15H19O2.3C4H9.Sn/c1-3-11-12-7-5-4-6-10(12)8-13-14(11)9(2)17-15(13)16;3*1-3-4-2;/h1,3,8-9,11-14H,4-7H2,2H3;3*1,3-4H2,2H3;/t9-,11?,12-,13-,14+;;;;/m0..../s1. The van der Waals surface area contributed by atoms with Gasteiger partial charge in [0.1, 0.15) is 0 Å². The summed E-state index contributed by atoms with van der Waals surface area (Å²) in [6, 6.07) is 0. The van der Waals surface area contributed by atoms with Crippen LogP contribution in [0, 0.1) is 23.7 Å². The molecule has 0 radical (unpaired) electrons. The Morgan fingerprint density at radius 1 is 1.03 bits per heavy atom. The Bertz CT molecular complexity index is 601. The third kappa shape index (κ3) is 5.56. The van der Waals surface area contributed by atoms with E-state index in [1.807, 2.05) is 0 Å². The number of hydrogen-bond donors (Lipinski definition) is 0. The van der Waals surface area contributed by atoms with E-state index in [2.05, 4.69) is 43.9 Å². The van der Waals surface area contributed by atoms with Crippen LogP contribution >= 0.6 is 0 Å². The van der Waals surface area contributed by atoms with Gasteiger partial charge in [-0.05, 0) is 0 Å². The maximum absolute atomic E-state index is 12.6. The topological polar surface area (TPSA) is 26.3 Å². The summed E-state index contributed by atoms with van der Waals surface area (Å²) < 4.78 is 13.2. The van der Waals surface area contributed by atoms with Crippen molar-refractivity contribution in [3.05, 3.63) is 21.8 Å². The Morgan fingerprint density at radius 2 is 1.67 bits per heavy atom. The van der Waals surface area contributed by atoms with Crippen molar-refractivity contribution in [1.82, 2.24) is 0 Å².